The molecule has 0 aliphatic carbocycles. The third-order valence-electron chi connectivity index (χ3n) is 5.52. The minimum absolute atomic E-state index is 0.0539. The zero-order valence-corrected chi connectivity index (χ0v) is 14.5. The maximum Gasteiger partial charge on any atom is 0.324 e. The van der Waals surface area contributed by atoms with Gasteiger partial charge in [0, 0.05) is 11.6 Å². The molecule has 0 aromatic heterocycles. The number of phenols is 1. The van der Waals surface area contributed by atoms with Gasteiger partial charge in [-0.2, -0.15) is 0 Å². The Morgan fingerprint density at radius 2 is 1.67 bits per heavy atom. The second-order valence-electron chi connectivity index (χ2n) is 7.04. The van der Waals surface area contributed by atoms with E-state index in [-0.39, 0.29) is 5.75 Å². The smallest absolute Gasteiger partial charge is 0.324 e. The highest BCUT2D eigenvalue weighted by atomic mass is 16.4. The predicted octanol–water partition coefficient (Wildman–Crippen LogP) is 1.69. The lowest BCUT2D eigenvalue weighted by molar-refractivity contribution is -0.147. The SMILES string of the molecule is C[C@]1(C(=O)O)N[C@H](c2ccccc2O)[C@@H]2C(=O)N(c3ccccc3)C(=O)[C@@H]21. The Morgan fingerprint density at radius 1 is 1.04 bits per heavy atom. The number of benzene rings is 2. The summed E-state index contributed by atoms with van der Waals surface area (Å²) in [5.74, 6) is -4.29. The van der Waals surface area contributed by atoms with Crippen molar-refractivity contribution in [2.45, 2.75) is 18.5 Å². The molecule has 4 rings (SSSR count). The van der Waals surface area contributed by atoms with Gasteiger partial charge in [0.15, 0.2) is 0 Å². The number of carboxylic acid groups (broad SMARTS) is 1. The van der Waals surface area contributed by atoms with Crippen LogP contribution >= 0.6 is 0 Å². The van der Waals surface area contributed by atoms with Crippen LogP contribution in [0.3, 0.4) is 0 Å². The van der Waals surface area contributed by atoms with Gasteiger partial charge in [-0.3, -0.25) is 19.7 Å². The van der Waals surface area contributed by atoms with E-state index in [0.29, 0.717) is 11.3 Å². The Morgan fingerprint density at radius 3 is 2.30 bits per heavy atom. The number of amides is 2. The number of carbonyl (C=O) groups excluding carboxylic acids is 2. The number of carboxylic acids is 1. The minimum atomic E-state index is -1.63. The third kappa shape index (κ3) is 2.35. The largest absolute Gasteiger partial charge is 0.508 e. The van der Waals surface area contributed by atoms with Crippen LogP contribution in [0.15, 0.2) is 54.6 Å². The van der Waals surface area contributed by atoms with Gasteiger partial charge in [0.05, 0.1) is 17.5 Å². The summed E-state index contributed by atoms with van der Waals surface area (Å²) in [6.45, 7) is 1.41. The van der Waals surface area contributed by atoms with Crippen LogP contribution in [0.5, 0.6) is 5.75 Å². The van der Waals surface area contributed by atoms with E-state index in [0.717, 1.165) is 4.90 Å². The molecule has 0 bridgehead atoms. The Labute approximate surface area is 155 Å². The summed E-state index contributed by atoms with van der Waals surface area (Å²) in [5.41, 5.74) is -0.826. The lowest BCUT2D eigenvalue weighted by Gasteiger charge is -2.27. The Hall–Kier alpha value is -3.19. The van der Waals surface area contributed by atoms with Gasteiger partial charge in [-0.05, 0) is 25.1 Å². The second kappa shape index (κ2) is 5.92. The first-order valence-corrected chi connectivity index (χ1v) is 8.58. The molecular formula is C20H18N2O5. The molecular weight excluding hydrogens is 348 g/mol. The highest BCUT2D eigenvalue weighted by Crippen LogP contribution is 2.50. The molecule has 7 heteroatoms. The van der Waals surface area contributed by atoms with Crippen LogP contribution < -0.4 is 10.2 Å². The number of fused-ring (bicyclic) bond motifs is 1. The maximum atomic E-state index is 13.2. The van der Waals surface area contributed by atoms with Crippen LogP contribution in [0.25, 0.3) is 0 Å². The topological polar surface area (TPSA) is 107 Å². The summed E-state index contributed by atoms with van der Waals surface area (Å²) in [6, 6.07) is 14.1. The summed E-state index contributed by atoms with van der Waals surface area (Å²) >= 11 is 0. The van der Waals surface area contributed by atoms with Gasteiger partial charge in [-0.15, -0.1) is 0 Å². The first-order chi connectivity index (χ1) is 12.9. The van der Waals surface area contributed by atoms with Crippen LogP contribution in [-0.2, 0) is 14.4 Å². The molecule has 2 aromatic rings. The molecule has 138 valence electrons. The van der Waals surface area contributed by atoms with E-state index in [2.05, 4.69) is 5.32 Å². The molecule has 2 fully saturated rings. The summed E-state index contributed by atoms with van der Waals surface area (Å²) in [5, 5.41) is 23.0. The van der Waals surface area contributed by atoms with E-state index >= 15 is 0 Å². The van der Waals surface area contributed by atoms with E-state index in [9.17, 15) is 24.6 Å². The number of phenolic OH excluding ortho intramolecular Hbond substituents is 1. The fourth-order valence-electron chi connectivity index (χ4n) is 4.18. The van der Waals surface area contributed by atoms with E-state index in [4.69, 9.17) is 0 Å². The lowest BCUT2D eigenvalue weighted by atomic mass is 9.80. The molecule has 2 aliphatic rings. The van der Waals surface area contributed by atoms with Crippen molar-refractivity contribution in [1.82, 2.24) is 5.32 Å². The average molecular weight is 366 g/mol. The molecule has 0 spiro atoms. The zero-order chi connectivity index (χ0) is 19.3. The molecule has 4 atom stereocenters. The minimum Gasteiger partial charge on any atom is -0.508 e. The highest BCUT2D eigenvalue weighted by Gasteiger charge is 2.67. The van der Waals surface area contributed by atoms with Crippen molar-refractivity contribution >= 4 is 23.5 Å². The quantitative estimate of drug-likeness (QED) is 0.714. The third-order valence-corrected chi connectivity index (χ3v) is 5.52. The van der Waals surface area contributed by atoms with Gasteiger partial charge in [-0.1, -0.05) is 36.4 Å². The Balaban J connectivity index is 1.85. The molecule has 0 saturated carbocycles. The maximum absolute atomic E-state index is 13.2. The Kier molecular flexibility index (Phi) is 3.78. The number of nitrogens with zero attached hydrogens (tertiary/aromatic N) is 1. The van der Waals surface area contributed by atoms with Gasteiger partial charge in [0.2, 0.25) is 11.8 Å². The molecule has 2 saturated heterocycles. The first kappa shape index (κ1) is 17.2. The van der Waals surface area contributed by atoms with E-state index in [1.807, 2.05) is 0 Å². The number of nitrogens with one attached hydrogen (secondary N) is 1. The molecule has 0 radical (unpaired) electrons. The summed E-state index contributed by atoms with van der Waals surface area (Å²) in [6.07, 6.45) is 0. The zero-order valence-electron chi connectivity index (χ0n) is 14.5. The van der Waals surface area contributed by atoms with Crippen molar-refractivity contribution in [2.75, 3.05) is 4.90 Å². The summed E-state index contributed by atoms with van der Waals surface area (Å²) in [7, 11) is 0. The monoisotopic (exact) mass is 366 g/mol. The fourth-order valence-corrected chi connectivity index (χ4v) is 4.18. The first-order valence-electron chi connectivity index (χ1n) is 8.58. The molecule has 7 nitrogen and oxygen atoms in total. The molecule has 2 heterocycles. The van der Waals surface area contributed by atoms with Gasteiger partial charge >= 0.3 is 5.97 Å². The standard InChI is InChI=1S/C20H18N2O5/c1-20(19(26)27)15-14(16(21-20)12-9-5-6-10-13(12)23)17(24)22(18(15)25)11-7-3-2-4-8-11/h2-10,14-16,21,23H,1H3,(H,26,27)/t14-,15-,16-,20+/m1/s1. The van der Waals surface area contributed by atoms with Crippen molar-refractivity contribution in [2.24, 2.45) is 11.8 Å². The number of imide groups is 1. The van der Waals surface area contributed by atoms with Crippen molar-refractivity contribution in [3.8, 4) is 5.75 Å². The van der Waals surface area contributed by atoms with Gasteiger partial charge < -0.3 is 10.2 Å². The van der Waals surface area contributed by atoms with Crippen molar-refractivity contribution in [3.63, 3.8) is 0 Å². The summed E-state index contributed by atoms with van der Waals surface area (Å²) < 4.78 is 0. The molecule has 2 aromatic carbocycles. The van der Waals surface area contributed by atoms with Crippen molar-refractivity contribution in [1.29, 1.82) is 0 Å². The fraction of sp³-hybridized carbons (Fsp3) is 0.250. The normalized spacial score (nSPS) is 29.8. The lowest BCUT2D eigenvalue weighted by Crippen LogP contribution is -2.53. The van der Waals surface area contributed by atoms with Gasteiger partial charge in [0.25, 0.3) is 0 Å². The molecule has 27 heavy (non-hydrogen) atoms. The van der Waals surface area contributed by atoms with Crippen molar-refractivity contribution in [3.05, 3.63) is 60.2 Å². The molecule has 2 amide bonds. The molecule has 3 N–H and O–H groups in total. The number of hydrogen-bond donors (Lipinski definition) is 3. The van der Waals surface area contributed by atoms with Gasteiger partial charge in [0.1, 0.15) is 11.3 Å². The van der Waals surface area contributed by atoms with E-state index in [1.165, 1.54) is 13.0 Å². The van der Waals surface area contributed by atoms with Crippen LogP contribution in [0.1, 0.15) is 18.5 Å². The molecule has 0 unspecified atom stereocenters. The summed E-state index contributed by atoms with van der Waals surface area (Å²) in [4.78, 5) is 39.4. The number of hydrogen-bond acceptors (Lipinski definition) is 5. The van der Waals surface area contributed by atoms with Crippen molar-refractivity contribution < 1.29 is 24.6 Å². The van der Waals surface area contributed by atoms with E-state index < -0.39 is 41.2 Å². The second-order valence-corrected chi connectivity index (χ2v) is 7.04. The number of carbonyl (C=O) groups is 3. The Bertz CT molecular complexity index is 944. The average Bonchev–Trinajstić information content (AvgIpc) is 3.11. The molecule has 2 aliphatic heterocycles. The van der Waals surface area contributed by atoms with Gasteiger partial charge in [-0.25, -0.2) is 4.90 Å². The number of rotatable bonds is 3. The predicted molar refractivity (Wildman–Crippen MR) is 95.9 cm³/mol. The highest BCUT2D eigenvalue weighted by molar-refractivity contribution is 6.24. The number of aromatic hydroxyl groups is 1. The van der Waals surface area contributed by atoms with Crippen LogP contribution in [-0.4, -0.2) is 33.5 Å². The number of anilines is 1. The number of para-hydroxylation sites is 2. The van der Waals surface area contributed by atoms with E-state index in [1.54, 1.807) is 48.5 Å². The van der Waals surface area contributed by atoms with Crippen LogP contribution in [0, 0.1) is 11.8 Å². The number of aliphatic carboxylic acids is 1. The van der Waals surface area contributed by atoms with Crippen LogP contribution in [0.4, 0.5) is 5.69 Å². The van der Waals surface area contributed by atoms with Crippen LogP contribution in [0.2, 0.25) is 0 Å².